The second-order valence-corrected chi connectivity index (χ2v) is 7.44. The molecule has 1 aromatic carbocycles. The Kier molecular flexibility index (Phi) is 3.95. The maximum atomic E-state index is 6.68. The van der Waals surface area contributed by atoms with Crippen molar-refractivity contribution in [2.45, 2.75) is 32.7 Å². The molecule has 1 aliphatic carbocycles. The Morgan fingerprint density at radius 3 is 2.69 bits per heavy atom. The molecule has 1 saturated heterocycles. The van der Waals surface area contributed by atoms with Crippen molar-refractivity contribution in [3.8, 4) is 0 Å². The van der Waals surface area contributed by atoms with Crippen molar-refractivity contribution in [3.05, 3.63) is 47.9 Å². The number of aromatic nitrogens is 4. The van der Waals surface area contributed by atoms with Crippen LogP contribution in [0, 0.1) is 5.41 Å². The smallest absolute Gasteiger partial charge is 0.186 e. The zero-order valence-corrected chi connectivity index (χ0v) is 14.4. The van der Waals surface area contributed by atoms with Crippen LogP contribution in [-0.4, -0.2) is 32.8 Å². The van der Waals surface area contributed by atoms with Crippen LogP contribution in [0.1, 0.15) is 37.4 Å². The van der Waals surface area contributed by atoms with Crippen LogP contribution in [0.3, 0.4) is 0 Å². The number of fused-ring (bicyclic) bond motifs is 2. The monoisotopic (exact) mass is 350 g/mol. The van der Waals surface area contributed by atoms with Crippen LogP contribution < -0.4 is 10.6 Å². The SMILES string of the molecule is C.Cn1cc2c(N3CCC4(CC3)Cc3ccccc3[C@H]4N)ncnc2n1. The van der Waals surface area contributed by atoms with Crippen molar-refractivity contribution in [2.75, 3.05) is 18.0 Å². The van der Waals surface area contributed by atoms with Crippen LogP contribution in [0.25, 0.3) is 11.0 Å². The summed E-state index contributed by atoms with van der Waals surface area (Å²) in [5.41, 5.74) is 10.4. The second kappa shape index (κ2) is 6.06. The summed E-state index contributed by atoms with van der Waals surface area (Å²) in [4.78, 5) is 11.2. The number of piperidine rings is 1. The third-order valence-electron chi connectivity index (χ3n) is 6.06. The number of hydrogen-bond donors (Lipinski definition) is 1. The van der Waals surface area contributed by atoms with Gasteiger partial charge < -0.3 is 10.6 Å². The first kappa shape index (κ1) is 17.0. The summed E-state index contributed by atoms with van der Waals surface area (Å²) < 4.78 is 1.80. The van der Waals surface area contributed by atoms with Crippen molar-refractivity contribution < 1.29 is 0 Å². The molecule has 1 fully saturated rings. The Morgan fingerprint density at radius 1 is 1.15 bits per heavy atom. The van der Waals surface area contributed by atoms with Gasteiger partial charge in [0.1, 0.15) is 12.1 Å². The fraction of sp³-hybridized carbons (Fsp3) is 0.450. The molecule has 0 bridgehead atoms. The van der Waals surface area contributed by atoms with Gasteiger partial charge in [0.25, 0.3) is 0 Å². The molecule has 2 aliphatic rings. The molecule has 0 amide bonds. The van der Waals surface area contributed by atoms with Crippen molar-refractivity contribution in [2.24, 2.45) is 18.2 Å². The molecule has 136 valence electrons. The number of anilines is 1. The Morgan fingerprint density at radius 2 is 1.92 bits per heavy atom. The van der Waals surface area contributed by atoms with Gasteiger partial charge in [-0.2, -0.15) is 5.10 Å². The zero-order chi connectivity index (χ0) is 17.0. The van der Waals surface area contributed by atoms with E-state index in [1.807, 2.05) is 13.2 Å². The van der Waals surface area contributed by atoms with Gasteiger partial charge >= 0.3 is 0 Å². The summed E-state index contributed by atoms with van der Waals surface area (Å²) >= 11 is 0. The van der Waals surface area contributed by atoms with Gasteiger partial charge in [-0.1, -0.05) is 31.7 Å². The number of rotatable bonds is 1. The standard InChI is InChI=1S/C19H22N6.CH4/c1-24-11-15-17(23-24)21-12-22-18(15)25-8-6-19(7-9-25)10-13-4-2-3-5-14(13)16(19)20;/h2-5,11-12,16H,6-10,20H2,1H3;1H4/t16-;/m1./s1. The van der Waals surface area contributed by atoms with Crippen LogP contribution in [0.4, 0.5) is 5.82 Å². The van der Waals surface area contributed by atoms with E-state index < -0.39 is 0 Å². The largest absolute Gasteiger partial charge is 0.356 e. The third-order valence-corrected chi connectivity index (χ3v) is 6.06. The molecule has 3 heterocycles. The molecule has 0 unspecified atom stereocenters. The van der Waals surface area contributed by atoms with E-state index >= 15 is 0 Å². The lowest BCUT2D eigenvalue weighted by molar-refractivity contribution is 0.187. The van der Waals surface area contributed by atoms with Crippen LogP contribution in [0.2, 0.25) is 0 Å². The summed E-state index contributed by atoms with van der Waals surface area (Å²) in [6.07, 6.45) is 6.91. The highest BCUT2D eigenvalue weighted by atomic mass is 15.3. The van der Waals surface area contributed by atoms with E-state index in [0.717, 1.165) is 49.2 Å². The first-order valence-corrected chi connectivity index (χ1v) is 8.89. The molecular formula is C20H26N6. The lowest BCUT2D eigenvalue weighted by Crippen LogP contribution is -2.44. The Bertz CT molecular complexity index is 938. The quantitative estimate of drug-likeness (QED) is 0.730. The van der Waals surface area contributed by atoms with Gasteiger partial charge in [-0.3, -0.25) is 4.68 Å². The molecule has 5 rings (SSSR count). The van der Waals surface area contributed by atoms with Crippen LogP contribution >= 0.6 is 0 Å². The molecule has 26 heavy (non-hydrogen) atoms. The zero-order valence-electron chi connectivity index (χ0n) is 14.4. The van der Waals surface area contributed by atoms with Gasteiger partial charge in [-0.25, -0.2) is 9.97 Å². The molecule has 2 aromatic heterocycles. The first-order valence-electron chi connectivity index (χ1n) is 8.89. The summed E-state index contributed by atoms with van der Waals surface area (Å²) in [6.45, 7) is 1.95. The van der Waals surface area contributed by atoms with Gasteiger partial charge in [-0.05, 0) is 35.8 Å². The maximum absolute atomic E-state index is 6.68. The van der Waals surface area contributed by atoms with Crippen LogP contribution in [-0.2, 0) is 13.5 Å². The molecule has 1 atom stereocenters. The van der Waals surface area contributed by atoms with E-state index in [0.29, 0.717) is 0 Å². The average molecular weight is 350 g/mol. The molecule has 6 heteroatoms. The molecule has 1 spiro atoms. The topological polar surface area (TPSA) is 72.9 Å². The lowest BCUT2D eigenvalue weighted by atomic mass is 9.73. The molecule has 0 radical (unpaired) electrons. The highest BCUT2D eigenvalue weighted by Crippen LogP contribution is 2.51. The number of hydrogen-bond acceptors (Lipinski definition) is 5. The van der Waals surface area contributed by atoms with Gasteiger partial charge in [-0.15, -0.1) is 0 Å². The lowest BCUT2D eigenvalue weighted by Gasteiger charge is -2.42. The Balaban J connectivity index is 0.00000168. The van der Waals surface area contributed by atoms with Gasteiger partial charge in [0.2, 0.25) is 0 Å². The highest BCUT2D eigenvalue weighted by Gasteiger charge is 2.46. The Hall–Kier alpha value is -2.47. The van der Waals surface area contributed by atoms with E-state index in [9.17, 15) is 0 Å². The van der Waals surface area contributed by atoms with Crippen molar-refractivity contribution in [3.63, 3.8) is 0 Å². The summed E-state index contributed by atoms with van der Waals surface area (Å²) in [6, 6.07) is 8.81. The summed E-state index contributed by atoms with van der Waals surface area (Å²) in [5, 5.41) is 5.43. The minimum atomic E-state index is 0. The van der Waals surface area contributed by atoms with Gasteiger partial charge in [0, 0.05) is 32.4 Å². The first-order chi connectivity index (χ1) is 12.2. The van der Waals surface area contributed by atoms with Crippen molar-refractivity contribution >= 4 is 16.9 Å². The van der Waals surface area contributed by atoms with Crippen molar-refractivity contribution in [1.29, 1.82) is 0 Å². The highest BCUT2D eigenvalue weighted by molar-refractivity contribution is 5.86. The third kappa shape index (κ3) is 2.40. The predicted octanol–water partition coefficient (Wildman–Crippen LogP) is 2.84. The normalized spacial score (nSPS) is 21.0. The van der Waals surface area contributed by atoms with Crippen LogP contribution in [0.15, 0.2) is 36.8 Å². The van der Waals surface area contributed by atoms with E-state index in [1.165, 1.54) is 11.1 Å². The summed E-state index contributed by atoms with van der Waals surface area (Å²) in [7, 11) is 1.92. The van der Waals surface area contributed by atoms with E-state index in [1.54, 1.807) is 11.0 Å². The molecule has 2 N–H and O–H groups in total. The van der Waals surface area contributed by atoms with Crippen LogP contribution in [0.5, 0.6) is 0 Å². The fourth-order valence-electron chi connectivity index (χ4n) is 4.66. The van der Waals surface area contributed by atoms with Gasteiger partial charge in [0.15, 0.2) is 5.65 Å². The van der Waals surface area contributed by atoms with E-state index in [2.05, 4.69) is 44.2 Å². The molecule has 0 saturated carbocycles. The summed E-state index contributed by atoms with van der Waals surface area (Å²) in [5.74, 6) is 0.997. The molecule has 3 aromatic rings. The predicted molar refractivity (Wildman–Crippen MR) is 104 cm³/mol. The average Bonchev–Trinajstić information content (AvgIpc) is 3.14. The second-order valence-electron chi connectivity index (χ2n) is 7.44. The van der Waals surface area contributed by atoms with Gasteiger partial charge in [0.05, 0.1) is 5.39 Å². The van der Waals surface area contributed by atoms with E-state index in [4.69, 9.17) is 5.73 Å². The Labute approximate surface area is 154 Å². The van der Waals surface area contributed by atoms with E-state index in [-0.39, 0.29) is 18.9 Å². The minimum absolute atomic E-state index is 0. The fourth-order valence-corrected chi connectivity index (χ4v) is 4.66. The molecule has 1 aliphatic heterocycles. The minimum Gasteiger partial charge on any atom is -0.356 e. The molecule has 6 nitrogen and oxygen atoms in total. The van der Waals surface area contributed by atoms with Crippen molar-refractivity contribution in [1.82, 2.24) is 19.7 Å². The number of nitrogens with zero attached hydrogens (tertiary/aromatic N) is 5. The number of nitrogens with two attached hydrogens (primary N) is 1. The maximum Gasteiger partial charge on any atom is 0.186 e. The number of benzene rings is 1. The molecular weight excluding hydrogens is 324 g/mol. The number of aryl methyl sites for hydroxylation is 1.